The molecule has 2 heteroatoms. The standard InChI is InChI=1S/C13H15NO/c1-10(2)9-11-3-5-12(6-4-11)13-7-8-14-15-13/h3-8,10H,9H2,1-2H3. The van der Waals surface area contributed by atoms with Crippen molar-refractivity contribution >= 4 is 0 Å². The molecule has 15 heavy (non-hydrogen) atoms. The molecule has 0 aliphatic rings. The highest BCUT2D eigenvalue weighted by atomic mass is 16.5. The van der Waals surface area contributed by atoms with Gasteiger partial charge in [0.25, 0.3) is 0 Å². The summed E-state index contributed by atoms with van der Waals surface area (Å²) in [5.41, 5.74) is 2.45. The van der Waals surface area contributed by atoms with Crippen LogP contribution in [-0.4, -0.2) is 5.16 Å². The Morgan fingerprint density at radius 2 is 1.87 bits per heavy atom. The van der Waals surface area contributed by atoms with Gasteiger partial charge in [0.05, 0.1) is 6.20 Å². The van der Waals surface area contributed by atoms with Gasteiger partial charge in [0, 0.05) is 11.6 Å². The topological polar surface area (TPSA) is 26.0 Å². The zero-order chi connectivity index (χ0) is 10.7. The fraction of sp³-hybridized carbons (Fsp3) is 0.308. The molecule has 1 aromatic carbocycles. The third-order valence-corrected chi connectivity index (χ3v) is 2.32. The van der Waals surface area contributed by atoms with Crippen LogP contribution in [0.4, 0.5) is 0 Å². The van der Waals surface area contributed by atoms with Crippen molar-refractivity contribution in [1.82, 2.24) is 5.16 Å². The molecule has 0 atom stereocenters. The van der Waals surface area contributed by atoms with Gasteiger partial charge in [0.1, 0.15) is 0 Å². The van der Waals surface area contributed by atoms with Crippen LogP contribution in [0.2, 0.25) is 0 Å². The molecule has 1 heterocycles. The van der Waals surface area contributed by atoms with Crippen LogP contribution in [0.15, 0.2) is 41.1 Å². The number of hydrogen-bond acceptors (Lipinski definition) is 2. The average Bonchev–Trinajstić information content (AvgIpc) is 2.71. The van der Waals surface area contributed by atoms with Crippen molar-refractivity contribution in [1.29, 1.82) is 0 Å². The van der Waals surface area contributed by atoms with E-state index in [2.05, 4.69) is 43.3 Å². The van der Waals surface area contributed by atoms with Gasteiger partial charge < -0.3 is 4.52 Å². The summed E-state index contributed by atoms with van der Waals surface area (Å²) >= 11 is 0. The zero-order valence-electron chi connectivity index (χ0n) is 9.10. The fourth-order valence-corrected chi connectivity index (χ4v) is 1.64. The van der Waals surface area contributed by atoms with Crippen molar-refractivity contribution in [3.63, 3.8) is 0 Å². The molecule has 0 saturated carbocycles. The molecule has 1 aromatic heterocycles. The van der Waals surface area contributed by atoms with Crippen LogP contribution < -0.4 is 0 Å². The van der Waals surface area contributed by atoms with Gasteiger partial charge in [-0.05, 0) is 17.9 Å². The second kappa shape index (κ2) is 4.30. The molecule has 0 aliphatic carbocycles. The average molecular weight is 201 g/mol. The summed E-state index contributed by atoms with van der Waals surface area (Å²) in [6.07, 6.45) is 2.79. The van der Waals surface area contributed by atoms with Crippen LogP contribution >= 0.6 is 0 Å². The molecular weight excluding hydrogens is 186 g/mol. The molecule has 0 aliphatic heterocycles. The van der Waals surface area contributed by atoms with Gasteiger partial charge in [-0.25, -0.2) is 0 Å². The lowest BCUT2D eigenvalue weighted by Crippen LogP contribution is -1.93. The minimum absolute atomic E-state index is 0.695. The summed E-state index contributed by atoms with van der Waals surface area (Å²) in [5, 5.41) is 3.69. The lowest BCUT2D eigenvalue weighted by Gasteiger charge is -2.04. The van der Waals surface area contributed by atoms with Gasteiger partial charge in [0.15, 0.2) is 5.76 Å². The SMILES string of the molecule is CC(C)Cc1ccc(-c2ccno2)cc1. The van der Waals surface area contributed by atoms with Crippen LogP contribution in [-0.2, 0) is 6.42 Å². The van der Waals surface area contributed by atoms with Crippen molar-refractivity contribution in [3.8, 4) is 11.3 Å². The Balaban J connectivity index is 2.17. The lowest BCUT2D eigenvalue weighted by atomic mass is 10.0. The van der Waals surface area contributed by atoms with Crippen molar-refractivity contribution in [3.05, 3.63) is 42.1 Å². The van der Waals surface area contributed by atoms with Crippen LogP contribution in [0.25, 0.3) is 11.3 Å². The van der Waals surface area contributed by atoms with Gasteiger partial charge >= 0.3 is 0 Å². The van der Waals surface area contributed by atoms with E-state index < -0.39 is 0 Å². The molecule has 0 saturated heterocycles. The first-order chi connectivity index (χ1) is 7.25. The van der Waals surface area contributed by atoms with Crippen LogP contribution in [0.5, 0.6) is 0 Å². The van der Waals surface area contributed by atoms with Crippen molar-refractivity contribution in [2.45, 2.75) is 20.3 Å². The monoisotopic (exact) mass is 201 g/mol. The predicted molar refractivity (Wildman–Crippen MR) is 60.5 cm³/mol. The Labute approximate surface area is 89.9 Å². The van der Waals surface area contributed by atoms with Crippen LogP contribution in [0.3, 0.4) is 0 Å². The summed E-state index contributed by atoms with van der Waals surface area (Å²) < 4.78 is 5.09. The highest BCUT2D eigenvalue weighted by Gasteiger charge is 2.02. The van der Waals surface area contributed by atoms with E-state index in [9.17, 15) is 0 Å². The minimum atomic E-state index is 0.695. The molecule has 0 fully saturated rings. The smallest absolute Gasteiger partial charge is 0.166 e. The maximum Gasteiger partial charge on any atom is 0.166 e. The molecule has 0 bridgehead atoms. The maximum atomic E-state index is 5.09. The van der Waals surface area contributed by atoms with E-state index in [4.69, 9.17) is 4.52 Å². The number of hydrogen-bond donors (Lipinski definition) is 0. The third-order valence-electron chi connectivity index (χ3n) is 2.32. The fourth-order valence-electron chi connectivity index (χ4n) is 1.64. The normalized spacial score (nSPS) is 10.9. The molecule has 2 nitrogen and oxygen atoms in total. The Hall–Kier alpha value is -1.57. The first-order valence-corrected chi connectivity index (χ1v) is 5.25. The molecule has 0 amide bonds. The van der Waals surface area contributed by atoms with E-state index >= 15 is 0 Å². The van der Waals surface area contributed by atoms with Gasteiger partial charge in [-0.2, -0.15) is 0 Å². The zero-order valence-corrected chi connectivity index (χ0v) is 9.10. The van der Waals surface area contributed by atoms with Gasteiger partial charge in [-0.3, -0.25) is 0 Å². The second-order valence-corrected chi connectivity index (χ2v) is 4.17. The first kappa shape index (κ1) is 9.97. The quantitative estimate of drug-likeness (QED) is 0.759. The van der Waals surface area contributed by atoms with E-state index in [1.165, 1.54) is 5.56 Å². The van der Waals surface area contributed by atoms with Crippen molar-refractivity contribution < 1.29 is 4.52 Å². The molecule has 78 valence electrons. The molecule has 2 aromatic rings. The number of nitrogens with zero attached hydrogens (tertiary/aromatic N) is 1. The van der Waals surface area contributed by atoms with E-state index in [1.54, 1.807) is 6.20 Å². The number of rotatable bonds is 3. The Morgan fingerprint density at radius 3 is 2.40 bits per heavy atom. The molecule has 2 rings (SSSR count). The van der Waals surface area contributed by atoms with E-state index in [-0.39, 0.29) is 0 Å². The molecule has 0 unspecified atom stereocenters. The molecule has 0 radical (unpaired) electrons. The number of aromatic nitrogens is 1. The molecular formula is C13H15NO. The Morgan fingerprint density at radius 1 is 1.13 bits per heavy atom. The summed E-state index contributed by atoms with van der Waals surface area (Å²) in [6, 6.07) is 10.3. The molecule has 0 N–H and O–H groups in total. The largest absolute Gasteiger partial charge is 0.356 e. The highest BCUT2D eigenvalue weighted by Crippen LogP contribution is 2.19. The molecule has 0 spiro atoms. The Kier molecular flexibility index (Phi) is 2.86. The number of benzene rings is 1. The van der Waals surface area contributed by atoms with E-state index in [1.807, 2.05) is 6.07 Å². The third kappa shape index (κ3) is 2.46. The van der Waals surface area contributed by atoms with E-state index in [0.29, 0.717) is 5.92 Å². The summed E-state index contributed by atoms with van der Waals surface area (Å²) in [7, 11) is 0. The van der Waals surface area contributed by atoms with Crippen molar-refractivity contribution in [2.24, 2.45) is 5.92 Å². The van der Waals surface area contributed by atoms with E-state index in [0.717, 1.165) is 17.7 Å². The van der Waals surface area contributed by atoms with Crippen LogP contribution in [0, 0.1) is 5.92 Å². The first-order valence-electron chi connectivity index (χ1n) is 5.25. The predicted octanol–water partition coefficient (Wildman–Crippen LogP) is 3.54. The summed E-state index contributed by atoms with van der Waals surface area (Å²) in [5.74, 6) is 1.52. The van der Waals surface area contributed by atoms with Crippen LogP contribution in [0.1, 0.15) is 19.4 Å². The Bertz CT molecular complexity index is 401. The lowest BCUT2D eigenvalue weighted by molar-refractivity contribution is 0.432. The van der Waals surface area contributed by atoms with Gasteiger partial charge in [-0.15, -0.1) is 0 Å². The van der Waals surface area contributed by atoms with Gasteiger partial charge in [-0.1, -0.05) is 43.3 Å². The summed E-state index contributed by atoms with van der Waals surface area (Å²) in [4.78, 5) is 0. The van der Waals surface area contributed by atoms with Gasteiger partial charge in [0.2, 0.25) is 0 Å². The van der Waals surface area contributed by atoms with Crippen molar-refractivity contribution in [2.75, 3.05) is 0 Å². The maximum absolute atomic E-state index is 5.09. The minimum Gasteiger partial charge on any atom is -0.356 e. The second-order valence-electron chi connectivity index (χ2n) is 4.17. The highest BCUT2D eigenvalue weighted by molar-refractivity contribution is 5.56. The summed E-state index contributed by atoms with van der Waals surface area (Å²) in [6.45, 7) is 4.45.